The summed E-state index contributed by atoms with van der Waals surface area (Å²) in [5, 5.41) is 8.72. The number of ketones is 1. The van der Waals surface area contributed by atoms with Crippen LogP contribution in [0.5, 0.6) is 0 Å². The largest absolute Gasteiger partial charge is 0.491 e. The molecule has 0 amide bonds. The molecule has 0 bridgehead atoms. The molecule has 0 aliphatic carbocycles. The van der Waals surface area contributed by atoms with E-state index < -0.39 is 24.3 Å². The molecule has 2 rings (SSSR count). The Bertz CT molecular complexity index is 797. The van der Waals surface area contributed by atoms with Crippen LogP contribution < -0.4 is 0 Å². The summed E-state index contributed by atoms with van der Waals surface area (Å²) >= 11 is 1.19. The van der Waals surface area contributed by atoms with Gasteiger partial charge in [0.25, 0.3) is 0 Å². The van der Waals surface area contributed by atoms with Crippen LogP contribution in [0.3, 0.4) is 0 Å². The highest BCUT2D eigenvalue weighted by molar-refractivity contribution is 8.13. The predicted molar refractivity (Wildman–Crippen MR) is 115 cm³/mol. The molecule has 6 nitrogen and oxygen atoms in total. The lowest BCUT2D eigenvalue weighted by atomic mass is 9.78. The molecule has 0 atom stereocenters. The van der Waals surface area contributed by atoms with Gasteiger partial charge in [-0.15, -0.1) is 0 Å². The van der Waals surface area contributed by atoms with E-state index in [0.29, 0.717) is 11.3 Å². The van der Waals surface area contributed by atoms with E-state index in [1.54, 1.807) is 24.3 Å². The first-order valence-corrected chi connectivity index (χ1v) is 10.4. The number of benzene rings is 1. The maximum atomic E-state index is 12.1. The third-order valence-electron chi connectivity index (χ3n) is 5.15. The summed E-state index contributed by atoms with van der Waals surface area (Å²) in [6.45, 7) is 9.41. The van der Waals surface area contributed by atoms with Gasteiger partial charge in [-0.25, -0.2) is 0 Å². The molecule has 1 aliphatic heterocycles. The highest BCUT2D eigenvalue weighted by Gasteiger charge is 2.52. The first-order chi connectivity index (χ1) is 13.4. The quantitative estimate of drug-likeness (QED) is 0.504. The van der Waals surface area contributed by atoms with Crippen LogP contribution >= 0.6 is 11.8 Å². The molecule has 1 aliphatic rings. The summed E-state index contributed by atoms with van der Waals surface area (Å²) in [6.07, 6.45) is 1.69. The standard InChI is InChI=1S/C21H27BO6S/c1-14(23)29-13-17(22-27-20(2,3)21(4,5)28-22)12-15-6-8-16(9-7-15)18(24)10-11-19(25)26/h6-9,12H,10-11,13H2,1-5H3,(H,25,26). The molecule has 1 saturated heterocycles. The zero-order chi connectivity index (χ0) is 21.8. The second-order valence-corrected chi connectivity index (χ2v) is 9.18. The van der Waals surface area contributed by atoms with Crippen LogP contribution in [0.25, 0.3) is 6.08 Å². The second kappa shape index (κ2) is 9.28. The van der Waals surface area contributed by atoms with Crippen molar-refractivity contribution >= 4 is 41.8 Å². The van der Waals surface area contributed by atoms with Crippen LogP contribution in [0.15, 0.2) is 29.7 Å². The van der Waals surface area contributed by atoms with Crippen LogP contribution in [0.4, 0.5) is 0 Å². The van der Waals surface area contributed by atoms with Gasteiger partial charge in [0.1, 0.15) is 0 Å². The number of hydrogen-bond acceptors (Lipinski definition) is 6. The molecule has 0 saturated carbocycles. The van der Waals surface area contributed by atoms with Gasteiger partial charge < -0.3 is 14.4 Å². The second-order valence-electron chi connectivity index (χ2n) is 8.03. The molecular formula is C21H27BO6S. The van der Waals surface area contributed by atoms with Crippen molar-refractivity contribution in [1.82, 2.24) is 0 Å². The lowest BCUT2D eigenvalue weighted by Crippen LogP contribution is -2.41. The fourth-order valence-corrected chi connectivity index (χ4v) is 3.29. The molecule has 8 heteroatoms. The minimum absolute atomic E-state index is 0.00629. The van der Waals surface area contributed by atoms with Crippen molar-refractivity contribution in [3.63, 3.8) is 0 Å². The fraction of sp³-hybridized carbons (Fsp3) is 0.476. The lowest BCUT2D eigenvalue weighted by Gasteiger charge is -2.32. The Balaban J connectivity index is 2.21. The molecule has 1 heterocycles. The van der Waals surface area contributed by atoms with Gasteiger partial charge in [-0.3, -0.25) is 14.4 Å². The van der Waals surface area contributed by atoms with Gasteiger partial charge >= 0.3 is 13.1 Å². The first kappa shape index (κ1) is 23.4. The monoisotopic (exact) mass is 418 g/mol. The van der Waals surface area contributed by atoms with Crippen molar-refractivity contribution in [3.05, 3.63) is 40.9 Å². The average Bonchev–Trinajstić information content (AvgIpc) is 2.84. The summed E-state index contributed by atoms with van der Waals surface area (Å²) in [7, 11) is -0.566. The Morgan fingerprint density at radius 1 is 1.03 bits per heavy atom. The number of carbonyl (C=O) groups is 3. The summed E-state index contributed by atoms with van der Waals surface area (Å²) in [4.78, 5) is 34.2. The number of aliphatic carboxylic acids is 1. The minimum Gasteiger partial charge on any atom is -0.481 e. The van der Waals surface area contributed by atoms with E-state index in [-0.39, 0.29) is 23.7 Å². The first-order valence-electron chi connectivity index (χ1n) is 9.46. The van der Waals surface area contributed by atoms with E-state index in [4.69, 9.17) is 14.4 Å². The highest BCUT2D eigenvalue weighted by Crippen LogP contribution is 2.39. The summed E-state index contributed by atoms with van der Waals surface area (Å²) < 4.78 is 12.2. The molecule has 0 unspecified atom stereocenters. The van der Waals surface area contributed by atoms with Crippen molar-refractivity contribution in [3.8, 4) is 0 Å². The van der Waals surface area contributed by atoms with Gasteiger partial charge in [-0.05, 0) is 38.7 Å². The van der Waals surface area contributed by atoms with Crippen molar-refractivity contribution < 1.29 is 28.8 Å². The molecule has 0 spiro atoms. The van der Waals surface area contributed by atoms with E-state index >= 15 is 0 Å². The van der Waals surface area contributed by atoms with Gasteiger partial charge in [0, 0.05) is 24.7 Å². The molecule has 156 valence electrons. The van der Waals surface area contributed by atoms with Crippen LogP contribution in [0.1, 0.15) is 63.4 Å². The molecule has 0 radical (unpaired) electrons. The van der Waals surface area contributed by atoms with Gasteiger partial charge in [0.15, 0.2) is 10.9 Å². The van der Waals surface area contributed by atoms with Crippen LogP contribution in [0.2, 0.25) is 0 Å². The maximum Gasteiger partial charge on any atom is 0.491 e. The third kappa shape index (κ3) is 6.29. The van der Waals surface area contributed by atoms with Gasteiger partial charge in [-0.1, -0.05) is 42.1 Å². The van der Waals surface area contributed by atoms with E-state index in [2.05, 4.69) is 0 Å². The normalized spacial score (nSPS) is 18.0. The van der Waals surface area contributed by atoms with Crippen molar-refractivity contribution in [2.75, 3.05) is 5.75 Å². The number of thioether (sulfide) groups is 1. The van der Waals surface area contributed by atoms with Gasteiger partial charge in [0.2, 0.25) is 0 Å². The summed E-state index contributed by atoms with van der Waals surface area (Å²) in [6, 6.07) is 6.93. The van der Waals surface area contributed by atoms with Crippen LogP contribution in [-0.2, 0) is 18.9 Å². The molecular weight excluding hydrogens is 391 g/mol. The van der Waals surface area contributed by atoms with Crippen LogP contribution in [0, 0.1) is 0 Å². The SMILES string of the molecule is CC(=O)SCC(=Cc1ccc(C(=O)CCC(=O)O)cc1)B1OC(C)(C)C(C)(C)O1. The van der Waals surface area contributed by atoms with E-state index in [1.807, 2.05) is 33.8 Å². The molecule has 0 aromatic heterocycles. The number of carbonyl (C=O) groups excluding carboxylic acids is 2. The topological polar surface area (TPSA) is 89.9 Å². The van der Waals surface area contributed by atoms with Gasteiger partial charge in [0.05, 0.1) is 17.6 Å². The zero-order valence-corrected chi connectivity index (χ0v) is 18.3. The summed E-state index contributed by atoms with van der Waals surface area (Å²) in [5.74, 6) is -0.764. The average molecular weight is 418 g/mol. The molecule has 1 aromatic carbocycles. The van der Waals surface area contributed by atoms with Crippen molar-refractivity contribution in [1.29, 1.82) is 0 Å². The van der Waals surface area contributed by atoms with E-state index in [1.165, 1.54) is 18.7 Å². The molecule has 29 heavy (non-hydrogen) atoms. The Morgan fingerprint density at radius 2 is 1.59 bits per heavy atom. The van der Waals surface area contributed by atoms with Crippen molar-refractivity contribution in [2.24, 2.45) is 0 Å². The van der Waals surface area contributed by atoms with Crippen LogP contribution in [-0.4, -0.2) is 46.0 Å². The third-order valence-corrected chi connectivity index (χ3v) is 6.03. The minimum atomic E-state index is -0.993. The lowest BCUT2D eigenvalue weighted by molar-refractivity contribution is -0.137. The summed E-state index contributed by atoms with van der Waals surface area (Å²) in [5.41, 5.74) is 1.16. The van der Waals surface area contributed by atoms with Gasteiger partial charge in [-0.2, -0.15) is 0 Å². The maximum absolute atomic E-state index is 12.1. The molecule has 1 aromatic rings. The Kier molecular flexibility index (Phi) is 7.48. The van der Waals surface area contributed by atoms with Crippen molar-refractivity contribution in [2.45, 2.75) is 58.7 Å². The van der Waals surface area contributed by atoms with E-state index in [9.17, 15) is 14.4 Å². The number of Topliss-reactive ketones (excluding diaryl/α,β-unsaturated/α-hetero) is 1. The molecule has 1 N–H and O–H groups in total. The Labute approximate surface area is 176 Å². The predicted octanol–water partition coefficient (Wildman–Crippen LogP) is 4.03. The molecule has 1 fully saturated rings. The number of rotatable bonds is 8. The smallest absolute Gasteiger partial charge is 0.481 e. The zero-order valence-electron chi connectivity index (χ0n) is 17.5. The van der Waals surface area contributed by atoms with E-state index in [0.717, 1.165) is 11.0 Å². The number of carboxylic acids is 1. The Morgan fingerprint density at radius 3 is 2.07 bits per heavy atom. The number of hydrogen-bond donors (Lipinski definition) is 1. The Hall–Kier alpha value is -1.90. The number of carboxylic acid groups (broad SMARTS) is 1. The fourth-order valence-electron chi connectivity index (χ4n) is 2.70. The highest BCUT2D eigenvalue weighted by atomic mass is 32.2.